The summed E-state index contributed by atoms with van der Waals surface area (Å²) in [6.45, 7) is 6.61. The summed E-state index contributed by atoms with van der Waals surface area (Å²) < 4.78 is 1.74. The molecule has 7 heteroatoms. The summed E-state index contributed by atoms with van der Waals surface area (Å²) >= 11 is 0. The van der Waals surface area contributed by atoms with Gasteiger partial charge >= 0.3 is 0 Å². The Morgan fingerprint density at radius 2 is 1.92 bits per heavy atom. The third-order valence-corrected chi connectivity index (χ3v) is 6.09. The van der Waals surface area contributed by atoms with E-state index in [4.69, 9.17) is 0 Å². The molecule has 2 saturated heterocycles. The highest BCUT2D eigenvalue weighted by atomic mass is 16.2. The number of hydrogen-bond acceptors (Lipinski definition) is 5. The van der Waals surface area contributed by atoms with E-state index in [0.717, 1.165) is 56.9 Å². The molecule has 0 saturated carbocycles. The highest BCUT2D eigenvalue weighted by molar-refractivity contribution is 5.95. The van der Waals surface area contributed by atoms with Gasteiger partial charge in [-0.25, -0.2) is 9.50 Å². The van der Waals surface area contributed by atoms with Gasteiger partial charge in [0.05, 0.1) is 17.5 Å². The Balaban J connectivity index is 1.60. The number of amides is 1. The molecule has 1 spiro atoms. The molecule has 2 fully saturated rings. The Bertz CT molecular complexity index is 792. The Labute approximate surface area is 148 Å². The fraction of sp³-hybridized carbons (Fsp3) is 0.611. The SMILES string of the molecule is Cc1c(C(=O)N2CCN(C)C3(CCN(C)CC3)C2)cnc2ccnn12. The highest BCUT2D eigenvalue weighted by Gasteiger charge is 2.43. The van der Waals surface area contributed by atoms with Gasteiger partial charge < -0.3 is 9.80 Å². The van der Waals surface area contributed by atoms with Gasteiger partial charge in [-0.2, -0.15) is 5.10 Å². The first-order chi connectivity index (χ1) is 12.0. The van der Waals surface area contributed by atoms with Gasteiger partial charge in [0.1, 0.15) is 0 Å². The van der Waals surface area contributed by atoms with Crippen LogP contribution in [0.15, 0.2) is 18.5 Å². The summed E-state index contributed by atoms with van der Waals surface area (Å²) in [6.07, 6.45) is 5.64. The van der Waals surface area contributed by atoms with Crippen LogP contribution >= 0.6 is 0 Å². The smallest absolute Gasteiger partial charge is 0.257 e. The van der Waals surface area contributed by atoms with Gasteiger partial charge in [0, 0.05) is 37.4 Å². The molecule has 4 rings (SSSR count). The van der Waals surface area contributed by atoms with Crippen LogP contribution in [0.5, 0.6) is 0 Å². The number of aryl methyl sites for hydroxylation is 1. The van der Waals surface area contributed by atoms with Crippen LogP contribution in [0.1, 0.15) is 28.9 Å². The molecule has 2 aliphatic heterocycles. The molecule has 0 aromatic carbocycles. The lowest BCUT2D eigenvalue weighted by atomic mass is 9.83. The van der Waals surface area contributed by atoms with Gasteiger partial charge in [-0.05, 0) is 47.0 Å². The van der Waals surface area contributed by atoms with E-state index in [1.165, 1.54) is 0 Å². The van der Waals surface area contributed by atoms with Crippen LogP contribution < -0.4 is 0 Å². The minimum Gasteiger partial charge on any atom is -0.335 e. The monoisotopic (exact) mass is 342 g/mol. The standard InChI is InChI=1S/C18H26N6O/c1-14-15(12-19-16-4-7-20-24(14)16)17(25)23-11-10-22(3)18(13-23)5-8-21(2)9-6-18/h4,7,12H,5-6,8-11,13H2,1-3H3. The topological polar surface area (TPSA) is 57.0 Å². The van der Waals surface area contributed by atoms with Gasteiger partial charge in [0.2, 0.25) is 0 Å². The number of aromatic nitrogens is 3. The van der Waals surface area contributed by atoms with Crippen molar-refractivity contribution in [1.82, 2.24) is 29.3 Å². The van der Waals surface area contributed by atoms with Gasteiger partial charge in [0.25, 0.3) is 5.91 Å². The largest absolute Gasteiger partial charge is 0.335 e. The van der Waals surface area contributed by atoms with Crippen molar-refractivity contribution in [3.05, 3.63) is 29.7 Å². The van der Waals surface area contributed by atoms with Gasteiger partial charge in [-0.3, -0.25) is 9.69 Å². The van der Waals surface area contributed by atoms with E-state index < -0.39 is 0 Å². The lowest BCUT2D eigenvalue weighted by molar-refractivity contribution is -0.0171. The van der Waals surface area contributed by atoms with E-state index in [1.807, 2.05) is 17.9 Å². The Hall–Kier alpha value is -1.99. The first-order valence-corrected chi connectivity index (χ1v) is 8.99. The first kappa shape index (κ1) is 16.5. The summed E-state index contributed by atoms with van der Waals surface area (Å²) in [5.74, 6) is 0.0776. The van der Waals surface area contributed by atoms with Crippen molar-refractivity contribution >= 4 is 11.6 Å². The maximum absolute atomic E-state index is 13.2. The molecule has 0 N–H and O–H groups in total. The molecule has 1 amide bonds. The molecular formula is C18H26N6O. The van der Waals surface area contributed by atoms with E-state index in [1.54, 1.807) is 16.9 Å². The fourth-order valence-corrected chi connectivity index (χ4v) is 4.18. The Morgan fingerprint density at radius 1 is 1.16 bits per heavy atom. The molecule has 7 nitrogen and oxygen atoms in total. The normalized spacial score (nSPS) is 22.0. The van der Waals surface area contributed by atoms with E-state index in [9.17, 15) is 4.79 Å². The highest BCUT2D eigenvalue weighted by Crippen LogP contribution is 2.32. The number of likely N-dealkylation sites (tertiary alicyclic amines) is 1. The molecule has 0 unspecified atom stereocenters. The predicted molar refractivity (Wildman–Crippen MR) is 95.7 cm³/mol. The van der Waals surface area contributed by atoms with E-state index in [2.05, 4.69) is 34.0 Å². The van der Waals surface area contributed by atoms with Crippen LogP contribution in [0.4, 0.5) is 0 Å². The van der Waals surface area contributed by atoms with Crippen LogP contribution in [0.25, 0.3) is 5.65 Å². The van der Waals surface area contributed by atoms with Crippen LogP contribution in [0.2, 0.25) is 0 Å². The third kappa shape index (κ3) is 2.71. The molecule has 0 atom stereocenters. The molecule has 2 aromatic rings. The zero-order chi connectivity index (χ0) is 17.6. The van der Waals surface area contributed by atoms with E-state index >= 15 is 0 Å². The molecule has 0 bridgehead atoms. The maximum Gasteiger partial charge on any atom is 0.257 e. The number of piperazine rings is 1. The lowest BCUT2D eigenvalue weighted by Crippen LogP contribution is -2.65. The summed E-state index contributed by atoms with van der Waals surface area (Å²) in [5, 5.41) is 4.28. The average molecular weight is 342 g/mol. The molecule has 134 valence electrons. The van der Waals surface area contributed by atoms with Crippen molar-refractivity contribution in [1.29, 1.82) is 0 Å². The average Bonchev–Trinajstić information content (AvgIpc) is 3.09. The second kappa shape index (κ2) is 6.07. The van der Waals surface area contributed by atoms with Crippen molar-refractivity contribution in [3.63, 3.8) is 0 Å². The lowest BCUT2D eigenvalue weighted by Gasteiger charge is -2.52. The van der Waals surface area contributed by atoms with Crippen molar-refractivity contribution < 1.29 is 4.79 Å². The van der Waals surface area contributed by atoms with E-state index in [-0.39, 0.29) is 11.4 Å². The minimum absolute atomic E-state index is 0.0776. The maximum atomic E-state index is 13.2. The molecule has 2 aromatic heterocycles. The van der Waals surface area contributed by atoms with Crippen LogP contribution in [0.3, 0.4) is 0 Å². The molecule has 4 heterocycles. The summed E-state index contributed by atoms with van der Waals surface area (Å²) in [5.41, 5.74) is 2.40. The number of nitrogens with zero attached hydrogens (tertiary/aromatic N) is 6. The van der Waals surface area contributed by atoms with Crippen molar-refractivity contribution in [2.75, 3.05) is 46.8 Å². The fourth-order valence-electron chi connectivity index (χ4n) is 4.18. The quantitative estimate of drug-likeness (QED) is 0.770. The molecular weight excluding hydrogens is 316 g/mol. The molecule has 25 heavy (non-hydrogen) atoms. The Kier molecular flexibility index (Phi) is 4.00. The summed E-state index contributed by atoms with van der Waals surface area (Å²) in [7, 11) is 4.38. The second-order valence-electron chi connectivity index (χ2n) is 7.53. The number of likely N-dealkylation sites (N-methyl/N-ethyl adjacent to an activating group) is 1. The number of carbonyl (C=O) groups is 1. The van der Waals surface area contributed by atoms with Crippen molar-refractivity contribution in [3.8, 4) is 0 Å². The number of piperidine rings is 1. The van der Waals surface area contributed by atoms with E-state index in [0.29, 0.717) is 5.56 Å². The third-order valence-electron chi connectivity index (χ3n) is 6.09. The number of rotatable bonds is 1. The van der Waals surface area contributed by atoms with Gasteiger partial charge in [-0.1, -0.05) is 0 Å². The Morgan fingerprint density at radius 3 is 2.68 bits per heavy atom. The molecule has 0 aliphatic carbocycles. The van der Waals surface area contributed by atoms with Crippen molar-refractivity contribution in [2.45, 2.75) is 25.3 Å². The molecule has 0 radical (unpaired) electrons. The molecule has 2 aliphatic rings. The summed E-state index contributed by atoms with van der Waals surface area (Å²) in [4.78, 5) is 24.4. The van der Waals surface area contributed by atoms with Crippen LogP contribution in [-0.4, -0.2) is 87.6 Å². The first-order valence-electron chi connectivity index (χ1n) is 8.99. The van der Waals surface area contributed by atoms with Gasteiger partial charge in [0.15, 0.2) is 5.65 Å². The van der Waals surface area contributed by atoms with Crippen LogP contribution in [0, 0.1) is 6.92 Å². The number of carbonyl (C=O) groups excluding carboxylic acids is 1. The summed E-state index contributed by atoms with van der Waals surface area (Å²) in [6, 6.07) is 1.85. The minimum atomic E-state index is 0.0776. The van der Waals surface area contributed by atoms with Gasteiger partial charge in [-0.15, -0.1) is 0 Å². The predicted octanol–water partition coefficient (Wildman–Crippen LogP) is 0.890. The number of fused-ring (bicyclic) bond motifs is 1. The zero-order valence-corrected chi connectivity index (χ0v) is 15.3. The number of hydrogen-bond donors (Lipinski definition) is 0. The second-order valence-corrected chi connectivity index (χ2v) is 7.53. The zero-order valence-electron chi connectivity index (χ0n) is 15.3. The van der Waals surface area contributed by atoms with Crippen molar-refractivity contribution in [2.24, 2.45) is 0 Å². The van der Waals surface area contributed by atoms with Crippen LogP contribution in [-0.2, 0) is 0 Å².